The molecule has 0 heterocycles. The van der Waals surface area contributed by atoms with Gasteiger partial charge < -0.3 is 0 Å². The van der Waals surface area contributed by atoms with Crippen LogP contribution in [0.3, 0.4) is 0 Å². The Morgan fingerprint density at radius 2 is 1.46 bits per heavy atom. The summed E-state index contributed by atoms with van der Waals surface area (Å²) in [7, 11) is -4.05. The lowest BCUT2D eigenvalue weighted by Crippen LogP contribution is -2.07. The van der Waals surface area contributed by atoms with E-state index in [9.17, 15) is 8.42 Å². The van der Waals surface area contributed by atoms with Gasteiger partial charge in [-0.2, -0.15) is 8.42 Å². The molecule has 138 valence electrons. The van der Waals surface area contributed by atoms with E-state index in [0.29, 0.717) is 6.42 Å². The summed E-state index contributed by atoms with van der Waals surface area (Å²) in [6.07, 6.45) is 13.2. The van der Waals surface area contributed by atoms with Crippen molar-refractivity contribution in [3.05, 3.63) is 29.3 Å². The molecule has 0 radical (unpaired) electrons. The zero-order valence-electron chi connectivity index (χ0n) is 15.1. The zero-order valence-corrected chi connectivity index (χ0v) is 15.9. The maximum absolute atomic E-state index is 11.7. The molecule has 0 fully saturated rings. The molecule has 0 aliphatic rings. The normalized spacial score (nSPS) is 11.8. The first-order chi connectivity index (χ1) is 11.5. The summed E-state index contributed by atoms with van der Waals surface area (Å²) in [6.45, 7) is 4.16. The number of rotatable bonds is 13. The maximum atomic E-state index is 11.7. The van der Waals surface area contributed by atoms with Crippen molar-refractivity contribution in [3.63, 3.8) is 0 Å². The Kier molecular flexibility index (Phi) is 10.2. The van der Waals surface area contributed by atoms with Gasteiger partial charge in [0, 0.05) is 0 Å². The van der Waals surface area contributed by atoms with E-state index in [1.807, 2.05) is 13.0 Å². The average Bonchev–Trinajstić information content (AvgIpc) is 2.56. The van der Waals surface area contributed by atoms with E-state index in [2.05, 4.69) is 11.3 Å². The summed E-state index contributed by atoms with van der Waals surface area (Å²) in [5.74, 6) is 0. The van der Waals surface area contributed by atoms with Gasteiger partial charge in [0.25, 0.3) is 0 Å². The Labute approximate surface area is 147 Å². The smallest absolute Gasteiger partial charge is 0.235 e. The lowest BCUT2D eigenvalue weighted by atomic mass is 10.0. The second kappa shape index (κ2) is 11.6. The molecule has 1 rings (SSSR count). The third-order valence-corrected chi connectivity index (χ3v) is 5.52. The summed E-state index contributed by atoms with van der Waals surface area (Å²) in [5, 5.41) is 8.60. The molecule has 0 spiro atoms. The Balaban J connectivity index is 2.31. The van der Waals surface area contributed by atoms with Gasteiger partial charge >= 0.3 is 10.1 Å². The number of unbranched alkanes of at least 4 members (excludes halogenated alkanes) is 9. The summed E-state index contributed by atoms with van der Waals surface area (Å²) in [5.41, 5.74) is 1.73. The van der Waals surface area contributed by atoms with Crippen LogP contribution < -0.4 is 0 Å². The third-order valence-electron chi connectivity index (χ3n) is 4.38. The molecule has 0 aliphatic carbocycles. The van der Waals surface area contributed by atoms with Gasteiger partial charge in [0.15, 0.2) is 0 Å². The van der Waals surface area contributed by atoms with Crippen molar-refractivity contribution in [3.8, 4) is 0 Å². The van der Waals surface area contributed by atoms with E-state index in [1.54, 1.807) is 6.07 Å². The highest BCUT2D eigenvalue weighted by Gasteiger charge is 2.19. The van der Waals surface area contributed by atoms with Gasteiger partial charge in [-0.15, -0.1) is 4.33 Å². The van der Waals surface area contributed by atoms with Crippen LogP contribution in [-0.4, -0.2) is 13.7 Å². The van der Waals surface area contributed by atoms with Crippen molar-refractivity contribution >= 4 is 10.1 Å². The van der Waals surface area contributed by atoms with Gasteiger partial charge in [-0.05, 0) is 31.4 Å². The highest BCUT2D eigenvalue weighted by molar-refractivity contribution is 7.86. The van der Waals surface area contributed by atoms with Crippen LogP contribution in [0.1, 0.15) is 82.3 Å². The average molecular weight is 357 g/mol. The Bertz CT molecular complexity index is 567. The highest BCUT2D eigenvalue weighted by Crippen LogP contribution is 2.21. The lowest BCUT2D eigenvalue weighted by Gasteiger charge is -2.09. The number of hydrogen-bond acceptors (Lipinski definition) is 4. The van der Waals surface area contributed by atoms with Crippen molar-refractivity contribution in [2.24, 2.45) is 0 Å². The molecule has 0 aliphatic heterocycles. The number of aryl methyl sites for hydroxylation is 2. The van der Waals surface area contributed by atoms with Crippen LogP contribution in [0.25, 0.3) is 0 Å². The van der Waals surface area contributed by atoms with Crippen LogP contribution in [-0.2, 0) is 20.9 Å². The van der Waals surface area contributed by atoms with E-state index in [4.69, 9.17) is 5.26 Å². The van der Waals surface area contributed by atoms with Gasteiger partial charge in [-0.3, -0.25) is 0 Å². The van der Waals surface area contributed by atoms with Crippen molar-refractivity contribution in [1.82, 2.24) is 0 Å². The van der Waals surface area contributed by atoms with Gasteiger partial charge in [-0.1, -0.05) is 82.4 Å². The van der Waals surface area contributed by atoms with Crippen LogP contribution in [0.4, 0.5) is 0 Å². The fraction of sp³-hybridized carbons (Fsp3) is 0.684. The molecule has 5 heteroatoms. The van der Waals surface area contributed by atoms with Crippen LogP contribution in [0, 0.1) is 6.92 Å². The van der Waals surface area contributed by atoms with Gasteiger partial charge in [-0.25, -0.2) is 5.26 Å². The van der Waals surface area contributed by atoms with Crippen LogP contribution in [0.15, 0.2) is 23.1 Å². The molecule has 0 aromatic heterocycles. The Morgan fingerprint density at radius 1 is 0.917 bits per heavy atom. The minimum Gasteiger partial charge on any atom is -0.235 e. The highest BCUT2D eigenvalue weighted by atomic mass is 32.2. The first-order valence-corrected chi connectivity index (χ1v) is 10.6. The SMILES string of the molecule is CCCCCCCCCCCCc1cc(C)ccc1S(=O)(=O)OO. The van der Waals surface area contributed by atoms with E-state index < -0.39 is 10.1 Å². The van der Waals surface area contributed by atoms with E-state index in [1.165, 1.54) is 57.4 Å². The number of hydrogen-bond donors (Lipinski definition) is 1. The molecule has 4 nitrogen and oxygen atoms in total. The van der Waals surface area contributed by atoms with Crippen molar-refractivity contribution in [2.45, 2.75) is 89.4 Å². The fourth-order valence-corrected chi connectivity index (χ4v) is 3.79. The summed E-state index contributed by atoms with van der Waals surface area (Å²) >= 11 is 0. The van der Waals surface area contributed by atoms with Gasteiger partial charge in [0.1, 0.15) is 0 Å². The zero-order chi connectivity index (χ0) is 17.8. The molecule has 0 amide bonds. The Morgan fingerprint density at radius 3 is 2.00 bits per heavy atom. The molecule has 0 atom stereocenters. The third kappa shape index (κ3) is 7.77. The quantitative estimate of drug-likeness (QED) is 0.282. The first kappa shape index (κ1) is 21.1. The second-order valence-corrected chi connectivity index (χ2v) is 8.07. The standard InChI is InChI=1S/C19H32O4S/c1-3-4-5-6-7-8-9-10-11-12-13-18-16-17(2)14-15-19(18)24(21,22)23-20/h14-16,20H,3-13H2,1-2H3. The molecule has 0 saturated carbocycles. The largest absolute Gasteiger partial charge is 0.323 e. The molecule has 0 saturated heterocycles. The molecule has 24 heavy (non-hydrogen) atoms. The van der Waals surface area contributed by atoms with E-state index >= 15 is 0 Å². The van der Waals surface area contributed by atoms with Crippen molar-refractivity contribution in [2.75, 3.05) is 0 Å². The minimum atomic E-state index is -4.05. The molecule has 0 bridgehead atoms. The van der Waals surface area contributed by atoms with Crippen LogP contribution >= 0.6 is 0 Å². The Hall–Kier alpha value is -0.910. The predicted molar refractivity (Wildman–Crippen MR) is 97.6 cm³/mol. The second-order valence-electron chi connectivity index (χ2n) is 6.57. The molecular weight excluding hydrogens is 324 g/mol. The topological polar surface area (TPSA) is 63.6 Å². The van der Waals surface area contributed by atoms with Crippen molar-refractivity contribution in [1.29, 1.82) is 0 Å². The lowest BCUT2D eigenvalue weighted by molar-refractivity contribution is -0.130. The van der Waals surface area contributed by atoms with Gasteiger partial charge in [0.05, 0.1) is 4.90 Å². The molecule has 0 unspecified atom stereocenters. The minimum absolute atomic E-state index is 0.0755. The van der Waals surface area contributed by atoms with Crippen LogP contribution in [0.5, 0.6) is 0 Å². The summed E-state index contributed by atoms with van der Waals surface area (Å²) in [6, 6.07) is 5.08. The van der Waals surface area contributed by atoms with E-state index in [-0.39, 0.29) is 4.90 Å². The predicted octanol–water partition coefficient (Wildman–Crippen LogP) is 5.64. The van der Waals surface area contributed by atoms with Crippen molar-refractivity contribution < 1.29 is 18.0 Å². The van der Waals surface area contributed by atoms with Crippen LogP contribution in [0.2, 0.25) is 0 Å². The molecule has 1 aromatic rings. The summed E-state index contributed by atoms with van der Waals surface area (Å²) < 4.78 is 27.2. The molecular formula is C19H32O4S. The first-order valence-electron chi connectivity index (χ1n) is 9.19. The molecule has 1 N–H and O–H groups in total. The molecule has 1 aromatic carbocycles. The van der Waals surface area contributed by atoms with E-state index in [0.717, 1.165) is 24.0 Å². The van der Waals surface area contributed by atoms with Gasteiger partial charge in [0.2, 0.25) is 0 Å². The summed E-state index contributed by atoms with van der Waals surface area (Å²) in [4.78, 5) is 0.0755. The fourth-order valence-electron chi connectivity index (χ4n) is 2.99. The maximum Gasteiger partial charge on any atom is 0.323 e. The number of benzene rings is 1. The monoisotopic (exact) mass is 356 g/mol.